The summed E-state index contributed by atoms with van der Waals surface area (Å²) in [6, 6.07) is 55.3. The van der Waals surface area contributed by atoms with E-state index in [4.69, 9.17) is 0 Å². The van der Waals surface area contributed by atoms with E-state index >= 15 is 9.59 Å². The molecule has 0 saturated heterocycles. The fraction of sp³-hybridized carbons (Fsp3) is 0.153. The van der Waals surface area contributed by atoms with Gasteiger partial charge in [-0.25, -0.2) is 0 Å². The van der Waals surface area contributed by atoms with Crippen LogP contribution in [0.5, 0.6) is 0 Å². The lowest BCUT2D eigenvalue weighted by molar-refractivity contribution is 0.632. The molecular formula is C59H47N3O2. The van der Waals surface area contributed by atoms with E-state index in [2.05, 4.69) is 208 Å². The molecule has 0 spiro atoms. The van der Waals surface area contributed by atoms with Crippen LogP contribution in [0.3, 0.4) is 0 Å². The van der Waals surface area contributed by atoms with E-state index in [0.717, 1.165) is 67.4 Å². The van der Waals surface area contributed by atoms with Crippen molar-refractivity contribution >= 4 is 72.2 Å². The third-order valence-corrected chi connectivity index (χ3v) is 14.5. The number of anilines is 6. The van der Waals surface area contributed by atoms with Crippen LogP contribution in [0.2, 0.25) is 0 Å². The van der Waals surface area contributed by atoms with Crippen molar-refractivity contribution in [2.24, 2.45) is 0 Å². The maximum Gasteiger partial charge on any atom is 0.197 e. The number of hydrogen-bond donors (Lipinski definition) is 0. The molecule has 12 rings (SSSR count). The Morgan fingerprint density at radius 2 is 0.766 bits per heavy atom. The molecule has 310 valence electrons. The van der Waals surface area contributed by atoms with Gasteiger partial charge >= 0.3 is 0 Å². The summed E-state index contributed by atoms with van der Waals surface area (Å²) in [6.45, 7) is 15.5. The summed E-state index contributed by atoms with van der Waals surface area (Å²) < 4.78 is 2.17. The number of nitrogens with zero attached hydrogens (tertiary/aromatic N) is 3. The van der Waals surface area contributed by atoms with Crippen molar-refractivity contribution in [2.75, 3.05) is 9.80 Å². The topological polar surface area (TPSA) is 45.0 Å². The molecule has 2 aliphatic rings. The monoisotopic (exact) mass is 829 g/mol. The van der Waals surface area contributed by atoms with Crippen molar-refractivity contribution in [3.63, 3.8) is 0 Å². The van der Waals surface area contributed by atoms with Crippen LogP contribution in [-0.2, 0) is 10.8 Å². The number of pyridine rings is 2. The molecule has 0 fully saturated rings. The van der Waals surface area contributed by atoms with Gasteiger partial charge in [-0.15, -0.1) is 0 Å². The van der Waals surface area contributed by atoms with Crippen molar-refractivity contribution in [2.45, 2.75) is 59.3 Å². The summed E-state index contributed by atoms with van der Waals surface area (Å²) in [5.41, 5.74) is 17.9. The zero-order chi connectivity index (χ0) is 44.0. The summed E-state index contributed by atoms with van der Waals surface area (Å²) >= 11 is 0. The van der Waals surface area contributed by atoms with Gasteiger partial charge in [0.1, 0.15) is 0 Å². The van der Waals surface area contributed by atoms with Gasteiger partial charge in [-0.3, -0.25) is 9.59 Å². The van der Waals surface area contributed by atoms with E-state index in [-0.39, 0.29) is 21.7 Å². The van der Waals surface area contributed by atoms with Gasteiger partial charge in [0.15, 0.2) is 10.9 Å². The van der Waals surface area contributed by atoms with Crippen LogP contribution < -0.4 is 20.7 Å². The number of rotatable bonds is 3. The third-order valence-electron chi connectivity index (χ3n) is 14.5. The second-order valence-corrected chi connectivity index (χ2v) is 19.1. The van der Waals surface area contributed by atoms with Crippen molar-refractivity contribution in [3.8, 4) is 11.1 Å². The lowest BCUT2D eigenvalue weighted by Crippen LogP contribution is -2.30. The van der Waals surface area contributed by atoms with Crippen LogP contribution in [-0.4, -0.2) is 4.40 Å². The van der Waals surface area contributed by atoms with Crippen LogP contribution in [0.4, 0.5) is 34.1 Å². The zero-order valence-electron chi connectivity index (χ0n) is 37.2. The molecule has 64 heavy (non-hydrogen) atoms. The minimum Gasteiger partial charge on any atom is -0.310 e. The Balaban J connectivity index is 1.18. The Hall–Kier alpha value is -7.50. The molecule has 0 atom stereocenters. The minimum absolute atomic E-state index is 0.0930. The molecule has 2 aliphatic heterocycles. The maximum atomic E-state index is 15.4. The maximum absolute atomic E-state index is 15.4. The molecule has 0 N–H and O–H groups in total. The van der Waals surface area contributed by atoms with Crippen molar-refractivity contribution in [3.05, 3.63) is 217 Å². The second kappa shape index (κ2) is 13.3. The molecule has 10 aromatic rings. The quantitative estimate of drug-likeness (QED) is 0.131. The number of benzene rings is 8. The Morgan fingerprint density at radius 1 is 0.406 bits per heavy atom. The first-order chi connectivity index (χ1) is 30.8. The van der Waals surface area contributed by atoms with E-state index in [1.54, 1.807) is 0 Å². The first-order valence-electron chi connectivity index (χ1n) is 22.3. The zero-order valence-corrected chi connectivity index (χ0v) is 37.2. The standard InChI is InChI=1S/C59H47N3O2/c1-34-28-35(2)54(36(3)29-34)37-30-42-55-43(31-37)57(64)41-33-39(61-52-22-14-10-18-46(52)59(6,7)47-19-11-15-23-53(47)61)25-27-49(41)62(55)48-26-24-38(32-40(48)56(42)63)60-50-20-12-8-16-44(50)58(4,5)45-17-9-13-21-51(45)60/h8-33H,1-7H3. The van der Waals surface area contributed by atoms with Crippen LogP contribution in [0.25, 0.3) is 49.2 Å². The van der Waals surface area contributed by atoms with Crippen molar-refractivity contribution in [1.29, 1.82) is 0 Å². The van der Waals surface area contributed by atoms with Gasteiger partial charge in [-0.05, 0) is 138 Å². The third kappa shape index (κ3) is 5.12. The molecule has 0 amide bonds. The molecule has 5 heteroatoms. The number of aromatic nitrogens is 1. The summed E-state index contributed by atoms with van der Waals surface area (Å²) in [6.07, 6.45) is 0. The lowest BCUT2D eigenvalue weighted by atomic mass is 9.73. The highest BCUT2D eigenvalue weighted by atomic mass is 16.1. The van der Waals surface area contributed by atoms with Gasteiger partial charge in [0, 0.05) is 43.7 Å². The molecule has 0 saturated carbocycles. The van der Waals surface area contributed by atoms with Gasteiger partial charge < -0.3 is 14.2 Å². The highest BCUT2D eigenvalue weighted by molar-refractivity contribution is 6.11. The van der Waals surface area contributed by atoms with E-state index in [9.17, 15) is 0 Å². The summed E-state index contributed by atoms with van der Waals surface area (Å²) in [4.78, 5) is 35.4. The molecule has 0 radical (unpaired) electrons. The Kier molecular flexibility index (Phi) is 7.91. The Morgan fingerprint density at radius 3 is 1.14 bits per heavy atom. The summed E-state index contributed by atoms with van der Waals surface area (Å²) in [7, 11) is 0. The number of para-hydroxylation sites is 4. The molecule has 8 aromatic carbocycles. The molecule has 4 heterocycles. The van der Waals surface area contributed by atoms with E-state index < -0.39 is 0 Å². The van der Waals surface area contributed by atoms with Crippen molar-refractivity contribution in [1.82, 2.24) is 4.40 Å². The summed E-state index contributed by atoms with van der Waals surface area (Å²) in [5.74, 6) is 0. The van der Waals surface area contributed by atoms with E-state index in [0.29, 0.717) is 27.1 Å². The average Bonchev–Trinajstić information content (AvgIpc) is 3.29. The predicted molar refractivity (Wildman–Crippen MR) is 267 cm³/mol. The number of fused-ring (bicyclic) bond motifs is 8. The smallest absolute Gasteiger partial charge is 0.197 e. The first-order valence-corrected chi connectivity index (χ1v) is 22.3. The fourth-order valence-electron chi connectivity index (χ4n) is 11.6. The van der Waals surface area contributed by atoms with Gasteiger partial charge in [0.2, 0.25) is 0 Å². The highest BCUT2D eigenvalue weighted by Gasteiger charge is 2.38. The lowest BCUT2D eigenvalue weighted by Gasteiger charge is -2.42. The van der Waals surface area contributed by atoms with Crippen LogP contribution >= 0.6 is 0 Å². The van der Waals surface area contributed by atoms with E-state index in [1.165, 1.54) is 27.8 Å². The predicted octanol–water partition coefficient (Wildman–Crippen LogP) is 14.4. The molecule has 0 aliphatic carbocycles. The number of aryl methyl sites for hydroxylation is 3. The second-order valence-electron chi connectivity index (χ2n) is 19.1. The van der Waals surface area contributed by atoms with Crippen LogP contribution in [0, 0.1) is 20.8 Å². The fourth-order valence-corrected chi connectivity index (χ4v) is 11.6. The Bertz CT molecular complexity index is 3450. The van der Waals surface area contributed by atoms with Gasteiger partial charge in [0.05, 0.1) is 39.3 Å². The number of hydrogen-bond acceptors (Lipinski definition) is 4. The normalized spacial score (nSPS) is 14.8. The SMILES string of the molecule is Cc1cc(C)c(-c2cc3c(=O)c4cc(N5c6ccccc6C(C)(C)c6ccccc65)ccc4n4c5ccc(N6c7ccccc7C(C)(C)c7ccccc76)cc5c(=O)c(c2)c34)c(C)c1. The Labute approximate surface area is 372 Å². The van der Waals surface area contributed by atoms with Gasteiger partial charge in [0.25, 0.3) is 0 Å². The summed E-state index contributed by atoms with van der Waals surface area (Å²) in [5, 5.41) is 2.24. The molecule has 0 bridgehead atoms. The average molecular weight is 830 g/mol. The molecule has 5 nitrogen and oxygen atoms in total. The largest absolute Gasteiger partial charge is 0.310 e. The van der Waals surface area contributed by atoms with Gasteiger partial charge in [-0.1, -0.05) is 118 Å². The van der Waals surface area contributed by atoms with Crippen LogP contribution in [0.15, 0.2) is 167 Å². The first kappa shape index (κ1) is 38.2. The van der Waals surface area contributed by atoms with Crippen molar-refractivity contribution < 1.29 is 0 Å². The minimum atomic E-state index is -0.219. The molecular weight excluding hydrogens is 783 g/mol. The molecule has 2 aromatic heterocycles. The van der Waals surface area contributed by atoms with Gasteiger partial charge in [-0.2, -0.15) is 0 Å². The molecule has 0 unspecified atom stereocenters. The highest BCUT2D eigenvalue weighted by Crippen LogP contribution is 2.53. The van der Waals surface area contributed by atoms with E-state index in [1.807, 2.05) is 12.1 Å². The van der Waals surface area contributed by atoms with Crippen LogP contribution in [0.1, 0.15) is 66.6 Å².